The molecule has 1 saturated heterocycles. The molecule has 5 heteroatoms. The number of hydrogen-bond acceptors (Lipinski definition) is 2. The zero-order valence-electron chi connectivity index (χ0n) is 11.7. The third-order valence-corrected chi connectivity index (χ3v) is 4.42. The van der Waals surface area contributed by atoms with Crippen molar-refractivity contribution in [1.29, 1.82) is 0 Å². The number of piperidine rings is 1. The van der Waals surface area contributed by atoms with Crippen LogP contribution in [0.3, 0.4) is 0 Å². The molecule has 1 heterocycles. The molecule has 1 amide bonds. The number of rotatable bonds is 4. The lowest BCUT2D eigenvalue weighted by molar-refractivity contribution is 0.0647. The summed E-state index contributed by atoms with van der Waals surface area (Å²) in [6, 6.07) is 4.81. The first kappa shape index (κ1) is 15.4. The van der Waals surface area contributed by atoms with Crippen molar-refractivity contribution in [1.82, 2.24) is 10.2 Å². The Labute approximate surface area is 127 Å². The van der Waals surface area contributed by atoms with Crippen molar-refractivity contribution >= 4 is 21.8 Å². The standard InChI is InChI=1S/C15H20BrFN2O/c1-2-9-19(11-5-4-8-18-10-11)15(20)12-6-3-7-13(17)14(12)16/h3,6-7,11,18H,2,4-5,8-10H2,1H3. The lowest BCUT2D eigenvalue weighted by atomic mass is 10.0. The van der Waals surface area contributed by atoms with Crippen LogP contribution in [0.1, 0.15) is 36.5 Å². The van der Waals surface area contributed by atoms with Crippen LogP contribution in [-0.4, -0.2) is 36.5 Å². The Morgan fingerprint density at radius 3 is 3.00 bits per heavy atom. The number of nitrogens with one attached hydrogen (secondary N) is 1. The van der Waals surface area contributed by atoms with Gasteiger partial charge in [0.15, 0.2) is 0 Å². The van der Waals surface area contributed by atoms with Gasteiger partial charge in [-0.1, -0.05) is 13.0 Å². The molecule has 1 unspecified atom stereocenters. The summed E-state index contributed by atoms with van der Waals surface area (Å²) in [4.78, 5) is 14.6. The van der Waals surface area contributed by atoms with Gasteiger partial charge in [0.05, 0.1) is 10.0 Å². The van der Waals surface area contributed by atoms with E-state index in [1.807, 2.05) is 4.90 Å². The summed E-state index contributed by atoms with van der Waals surface area (Å²) in [6.45, 7) is 4.58. The van der Waals surface area contributed by atoms with Gasteiger partial charge in [-0.25, -0.2) is 4.39 Å². The molecular formula is C15H20BrFN2O. The molecule has 1 aromatic carbocycles. The predicted molar refractivity (Wildman–Crippen MR) is 81.3 cm³/mol. The van der Waals surface area contributed by atoms with Gasteiger partial charge in [0.1, 0.15) is 5.82 Å². The molecule has 0 radical (unpaired) electrons. The summed E-state index contributed by atoms with van der Waals surface area (Å²) in [6.07, 6.45) is 2.98. The van der Waals surface area contributed by atoms with Crippen LogP contribution in [0.25, 0.3) is 0 Å². The third-order valence-electron chi connectivity index (χ3n) is 3.62. The Morgan fingerprint density at radius 2 is 2.35 bits per heavy atom. The Hall–Kier alpha value is -0.940. The zero-order chi connectivity index (χ0) is 14.5. The molecule has 0 aromatic heterocycles. The third kappa shape index (κ3) is 3.38. The first-order chi connectivity index (χ1) is 9.65. The van der Waals surface area contributed by atoms with Gasteiger partial charge in [0.25, 0.3) is 5.91 Å². The van der Waals surface area contributed by atoms with Gasteiger partial charge in [-0.2, -0.15) is 0 Å². The first-order valence-electron chi connectivity index (χ1n) is 7.10. The van der Waals surface area contributed by atoms with Crippen LogP contribution in [0, 0.1) is 5.82 Å². The van der Waals surface area contributed by atoms with Crippen molar-refractivity contribution in [3.63, 3.8) is 0 Å². The van der Waals surface area contributed by atoms with Crippen LogP contribution in [0.15, 0.2) is 22.7 Å². The van der Waals surface area contributed by atoms with Crippen LogP contribution in [0.5, 0.6) is 0 Å². The van der Waals surface area contributed by atoms with E-state index >= 15 is 0 Å². The fourth-order valence-corrected chi connectivity index (χ4v) is 3.05. The Kier molecular flexibility index (Phi) is 5.54. The van der Waals surface area contributed by atoms with Gasteiger partial charge in [-0.05, 0) is 53.9 Å². The molecule has 0 aliphatic carbocycles. The Balaban J connectivity index is 2.23. The lowest BCUT2D eigenvalue weighted by Crippen LogP contribution is -2.49. The van der Waals surface area contributed by atoms with E-state index < -0.39 is 5.82 Å². The van der Waals surface area contributed by atoms with E-state index in [0.717, 1.165) is 32.4 Å². The second-order valence-corrected chi connectivity index (χ2v) is 5.89. The molecule has 0 bridgehead atoms. The topological polar surface area (TPSA) is 32.3 Å². The Bertz CT molecular complexity index is 475. The number of benzene rings is 1. The van der Waals surface area contributed by atoms with E-state index in [4.69, 9.17) is 0 Å². The van der Waals surface area contributed by atoms with Crippen molar-refractivity contribution in [2.75, 3.05) is 19.6 Å². The predicted octanol–water partition coefficient (Wildman–Crippen LogP) is 3.19. The summed E-state index contributed by atoms with van der Waals surface area (Å²) in [5.41, 5.74) is 0.407. The van der Waals surface area contributed by atoms with Crippen molar-refractivity contribution in [3.8, 4) is 0 Å². The van der Waals surface area contributed by atoms with Crippen LogP contribution >= 0.6 is 15.9 Å². The highest BCUT2D eigenvalue weighted by Crippen LogP contribution is 2.24. The summed E-state index contributed by atoms with van der Waals surface area (Å²) in [5.74, 6) is -0.485. The maximum atomic E-state index is 13.6. The Morgan fingerprint density at radius 1 is 1.55 bits per heavy atom. The summed E-state index contributed by atoms with van der Waals surface area (Å²) >= 11 is 3.19. The molecule has 2 rings (SSSR count). The molecule has 0 spiro atoms. The molecule has 110 valence electrons. The number of hydrogen-bond donors (Lipinski definition) is 1. The van der Waals surface area contributed by atoms with E-state index in [1.54, 1.807) is 12.1 Å². The number of carbonyl (C=O) groups is 1. The molecule has 20 heavy (non-hydrogen) atoms. The van der Waals surface area contributed by atoms with E-state index in [1.165, 1.54) is 6.07 Å². The maximum Gasteiger partial charge on any atom is 0.255 e. The fraction of sp³-hybridized carbons (Fsp3) is 0.533. The number of carbonyl (C=O) groups excluding carboxylic acids is 1. The van der Waals surface area contributed by atoms with Gasteiger partial charge < -0.3 is 10.2 Å². The van der Waals surface area contributed by atoms with Gasteiger partial charge in [-0.15, -0.1) is 0 Å². The minimum atomic E-state index is -0.394. The molecule has 1 aliphatic heterocycles. The highest BCUT2D eigenvalue weighted by molar-refractivity contribution is 9.10. The number of halogens is 2. The van der Waals surface area contributed by atoms with E-state index in [0.29, 0.717) is 12.1 Å². The fourth-order valence-electron chi connectivity index (χ4n) is 2.61. The zero-order valence-corrected chi connectivity index (χ0v) is 13.2. The molecule has 1 aliphatic rings. The minimum Gasteiger partial charge on any atom is -0.334 e. The molecule has 1 aromatic rings. The van der Waals surface area contributed by atoms with E-state index in [-0.39, 0.29) is 16.4 Å². The number of nitrogens with zero attached hydrogens (tertiary/aromatic N) is 1. The maximum absolute atomic E-state index is 13.6. The van der Waals surface area contributed by atoms with Crippen molar-refractivity contribution in [2.45, 2.75) is 32.2 Å². The molecular weight excluding hydrogens is 323 g/mol. The largest absolute Gasteiger partial charge is 0.334 e. The molecule has 1 atom stereocenters. The van der Waals surface area contributed by atoms with Gasteiger partial charge in [0, 0.05) is 19.1 Å². The van der Waals surface area contributed by atoms with E-state index in [2.05, 4.69) is 28.2 Å². The summed E-state index contributed by atoms with van der Waals surface area (Å²) in [7, 11) is 0. The van der Waals surface area contributed by atoms with Crippen molar-refractivity contribution in [2.24, 2.45) is 0 Å². The van der Waals surface area contributed by atoms with Crippen LogP contribution in [0.2, 0.25) is 0 Å². The highest BCUT2D eigenvalue weighted by atomic mass is 79.9. The molecule has 1 N–H and O–H groups in total. The molecule has 0 saturated carbocycles. The second-order valence-electron chi connectivity index (χ2n) is 5.10. The van der Waals surface area contributed by atoms with Gasteiger partial charge in [-0.3, -0.25) is 4.79 Å². The van der Waals surface area contributed by atoms with Crippen molar-refractivity contribution < 1.29 is 9.18 Å². The molecule has 1 fully saturated rings. The monoisotopic (exact) mass is 342 g/mol. The normalized spacial score (nSPS) is 18.9. The number of amides is 1. The average Bonchev–Trinajstić information content (AvgIpc) is 2.48. The van der Waals surface area contributed by atoms with E-state index in [9.17, 15) is 9.18 Å². The SMILES string of the molecule is CCCN(C(=O)c1cccc(F)c1Br)C1CCCNC1. The van der Waals surface area contributed by atoms with Gasteiger partial charge in [0.2, 0.25) is 0 Å². The quantitative estimate of drug-likeness (QED) is 0.911. The lowest BCUT2D eigenvalue weighted by Gasteiger charge is -2.35. The van der Waals surface area contributed by atoms with Crippen LogP contribution < -0.4 is 5.32 Å². The second kappa shape index (κ2) is 7.18. The first-order valence-corrected chi connectivity index (χ1v) is 7.90. The summed E-state index contributed by atoms with van der Waals surface area (Å²) < 4.78 is 13.9. The smallest absolute Gasteiger partial charge is 0.255 e. The van der Waals surface area contributed by atoms with Crippen molar-refractivity contribution in [3.05, 3.63) is 34.1 Å². The highest BCUT2D eigenvalue weighted by Gasteiger charge is 2.27. The van der Waals surface area contributed by atoms with Gasteiger partial charge >= 0.3 is 0 Å². The average molecular weight is 343 g/mol. The van der Waals surface area contributed by atoms with Crippen LogP contribution in [-0.2, 0) is 0 Å². The minimum absolute atomic E-state index is 0.0908. The van der Waals surface area contributed by atoms with Crippen LogP contribution in [0.4, 0.5) is 4.39 Å². The molecule has 3 nitrogen and oxygen atoms in total. The summed E-state index contributed by atoms with van der Waals surface area (Å²) in [5, 5.41) is 3.33.